The highest BCUT2D eigenvalue weighted by atomic mass is 31.3. The lowest BCUT2D eigenvalue weighted by Crippen LogP contribution is -2.33. The minimum Gasteiger partial charge on any atom is -0.390 e. The van der Waals surface area contributed by atoms with E-state index in [9.17, 15) is 47.9 Å². The fraction of sp³-hybridized carbons (Fsp3) is 0.423. The number of nitrogens with two attached hydrogens (primary N) is 1. The Bertz CT molecular complexity index is 1770. The molecule has 20 nitrogen and oxygen atoms in total. The zero-order valence-corrected chi connectivity index (χ0v) is 28.3. The van der Waals surface area contributed by atoms with E-state index >= 15 is 0 Å². The standard InChI is InChI=1S/C26H36N5O15P3/c1-2-11-42-12-9-23(33)28-10-3-4-20-16-31(26(35)30-25(20)34)24-13-21(32)22(44-24)17-43-48(38,39)46-49(40,41)45-47(36,37)29-15-19-7-5-18(14-27)6-8-19/h1,3-8,16,21-22,24,32H,9-15,17,27H2,(H,28,33)(H,38,39)(H,40,41)(H2,29,36,37)(H,30,34,35)/b4-3+. The third kappa shape index (κ3) is 13.6. The summed E-state index contributed by atoms with van der Waals surface area (Å²) in [5, 5.41) is 15.0. The molecule has 6 atom stereocenters. The van der Waals surface area contributed by atoms with Crippen LogP contribution in [0.1, 0.15) is 35.8 Å². The van der Waals surface area contributed by atoms with Crippen LogP contribution in [0.15, 0.2) is 46.1 Å². The molecule has 270 valence electrons. The summed E-state index contributed by atoms with van der Waals surface area (Å²) in [5.74, 6) is 1.93. The van der Waals surface area contributed by atoms with Crippen molar-refractivity contribution in [3.8, 4) is 12.3 Å². The van der Waals surface area contributed by atoms with Crippen molar-refractivity contribution in [2.75, 3.05) is 26.4 Å². The number of aliphatic hydroxyl groups excluding tert-OH is 1. The number of ether oxygens (including phenoxy) is 2. The topological polar surface area (TPSA) is 300 Å². The summed E-state index contributed by atoms with van der Waals surface area (Å²) < 4.78 is 61.3. The fourth-order valence-electron chi connectivity index (χ4n) is 4.10. The van der Waals surface area contributed by atoms with Crippen molar-refractivity contribution in [2.24, 2.45) is 5.73 Å². The molecule has 2 aromatic rings. The maximum Gasteiger partial charge on any atom is 0.489 e. The van der Waals surface area contributed by atoms with E-state index < -0.39 is 59.7 Å². The lowest BCUT2D eigenvalue weighted by atomic mass is 10.1. The number of carbonyl (C=O) groups excluding carboxylic acids is 1. The van der Waals surface area contributed by atoms with E-state index in [1.165, 1.54) is 12.2 Å². The van der Waals surface area contributed by atoms with Crippen LogP contribution in [0, 0.1) is 12.3 Å². The summed E-state index contributed by atoms with van der Waals surface area (Å²) in [6.07, 6.45) is 4.76. The number of hydrogen-bond acceptors (Lipinski definition) is 13. The number of rotatable bonds is 19. The number of aromatic nitrogens is 2. The molecule has 1 aromatic heterocycles. The van der Waals surface area contributed by atoms with E-state index in [4.69, 9.17) is 21.6 Å². The molecule has 1 aliphatic heterocycles. The van der Waals surface area contributed by atoms with Gasteiger partial charge in [-0.3, -0.25) is 23.7 Å². The molecule has 0 bridgehead atoms. The van der Waals surface area contributed by atoms with E-state index in [0.29, 0.717) is 5.56 Å². The van der Waals surface area contributed by atoms with Crippen LogP contribution < -0.4 is 27.4 Å². The highest BCUT2D eigenvalue weighted by molar-refractivity contribution is 7.67. The average Bonchev–Trinajstić information content (AvgIpc) is 3.39. The van der Waals surface area contributed by atoms with E-state index in [1.807, 2.05) is 5.09 Å². The van der Waals surface area contributed by atoms with Crippen LogP contribution in [-0.2, 0) is 54.2 Å². The minimum absolute atomic E-state index is 0.0175. The Morgan fingerprint density at radius 2 is 1.84 bits per heavy atom. The number of aliphatic hydroxyl groups is 1. The number of H-pyrrole nitrogens is 1. The van der Waals surface area contributed by atoms with Gasteiger partial charge >= 0.3 is 29.1 Å². The minimum atomic E-state index is -5.70. The van der Waals surface area contributed by atoms with Crippen molar-refractivity contribution >= 4 is 35.4 Å². The van der Waals surface area contributed by atoms with Crippen LogP contribution in [-0.4, -0.2) is 73.8 Å². The van der Waals surface area contributed by atoms with Gasteiger partial charge in [0.2, 0.25) is 5.91 Å². The molecule has 1 aromatic carbocycles. The second-order valence-electron chi connectivity index (χ2n) is 10.2. The molecule has 6 unspecified atom stereocenters. The molecule has 23 heteroatoms. The number of amides is 1. The fourth-order valence-corrected chi connectivity index (χ4v) is 7.79. The van der Waals surface area contributed by atoms with Crippen molar-refractivity contribution in [3.05, 3.63) is 74.1 Å². The Kier molecular flexibility index (Phi) is 15.0. The monoisotopic (exact) mass is 751 g/mol. The predicted octanol–water partition coefficient (Wildman–Crippen LogP) is -0.0462. The highest BCUT2D eigenvalue weighted by Crippen LogP contribution is 2.66. The molecule has 0 aliphatic carbocycles. The Morgan fingerprint density at radius 1 is 1.14 bits per heavy atom. The molecule has 0 spiro atoms. The van der Waals surface area contributed by atoms with Gasteiger partial charge in [-0.05, 0) is 11.1 Å². The second-order valence-corrected chi connectivity index (χ2v) is 15.0. The number of aromatic amines is 1. The van der Waals surface area contributed by atoms with Crippen LogP contribution in [0.4, 0.5) is 0 Å². The van der Waals surface area contributed by atoms with Gasteiger partial charge in [-0.1, -0.05) is 42.3 Å². The SMILES string of the molecule is C#CCOCCC(=O)NC/C=C/c1cn(C2CC(O)C(COP(=O)(O)OP(=O)(O)OP(=O)(O)NCc3ccc(CN)cc3)O2)c(=O)[nH]c1=O. The van der Waals surface area contributed by atoms with Crippen molar-refractivity contribution in [3.63, 3.8) is 0 Å². The molecular weight excluding hydrogens is 715 g/mol. The number of benzene rings is 1. The Balaban J connectivity index is 1.53. The van der Waals surface area contributed by atoms with Crippen molar-refractivity contribution in [2.45, 2.75) is 44.4 Å². The van der Waals surface area contributed by atoms with Gasteiger partial charge in [-0.25, -0.2) is 23.6 Å². The Morgan fingerprint density at radius 3 is 2.51 bits per heavy atom. The number of hydrogen-bond donors (Lipinski definition) is 8. The van der Waals surface area contributed by atoms with Gasteiger partial charge < -0.3 is 40.3 Å². The molecular formula is C26H36N5O15P3. The predicted molar refractivity (Wildman–Crippen MR) is 171 cm³/mol. The molecule has 3 rings (SSSR count). The highest BCUT2D eigenvalue weighted by Gasteiger charge is 2.43. The lowest BCUT2D eigenvalue weighted by molar-refractivity contribution is -0.121. The summed E-state index contributed by atoms with van der Waals surface area (Å²) in [6.45, 7) is -0.721. The lowest BCUT2D eigenvalue weighted by Gasteiger charge is -2.21. The summed E-state index contributed by atoms with van der Waals surface area (Å²) in [4.78, 5) is 68.4. The largest absolute Gasteiger partial charge is 0.489 e. The van der Waals surface area contributed by atoms with Crippen LogP contribution in [0.3, 0.4) is 0 Å². The summed E-state index contributed by atoms with van der Waals surface area (Å²) in [5.41, 5.74) is 5.08. The third-order valence-electron chi connectivity index (χ3n) is 6.45. The van der Waals surface area contributed by atoms with Crippen molar-refractivity contribution in [1.82, 2.24) is 20.0 Å². The van der Waals surface area contributed by atoms with E-state index in [2.05, 4.69) is 29.4 Å². The molecule has 0 saturated carbocycles. The zero-order chi connectivity index (χ0) is 36.2. The van der Waals surface area contributed by atoms with Crippen LogP contribution in [0.2, 0.25) is 0 Å². The zero-order valence-electron chi connectivity index (χ0n) is 25.7. The molecule has 2 heterocycles. The van der Waals surface area contributed by atoms with Crippen LogP contribution >= 0.6 is 23.4 Å². The van der Waals surface area contributed by atoms with Gasteiger partial charge in [0, 0.05) is 32.3 Å². The smallest absolute Gasteiger partial charge is 0.390 e. The van der Waals surface area contributed by atoms with E-state index in [1.54, 1.807) is 24.3 Å². The quantitative estimate of drug-likeness (QED) is 0.0530. The first kappa shape index (κ1) is 40.4. The van der Waals surface area contributed by atoms with Gasteiger partial charge in [-0.15, -0.1) is 6.42 Å². The van der Waals surface area contributed by atoms with E-state index in [0.717, 1.165) is 16.3 Å². The van der Waals surface area contributed by atoms with E-state index in [-0.39, 0.29) is 57.2 Å². The number of terminal acetylenes is 1. The second kappa shape index (κ2) is 18.2. The molecule has 1 amide bonds. The van der Waals surface area contributed by atoms with Gasteiger partial charge in [0.25, 0.3) is 5.56 Å². The van der Waals surface area contributed by atoms with Crippen LogP contribution in [0.25, 0.3) is 6.08 Å². The Hall–Kier alpha value is -3.08. The molecule has 0 radical (unpaired) electrons. The van der Waals surface area contributed by atoms with Gasteiger partial charge in [0.1, 0.15) is 18.9 Å². The number of phosphoric acid groups is 2. The summed E-state index contributed by atoms with van der Waals surface area (Å²) in [6, 6.07) is 6.44. The number of nitrogens with zero attached hydrogens (tertiary/aromatic N) is 1. The molecule has 9 N–H and O–H groups in total. The van der Waals surface area contributed by atoms with Gasteiger partial charge in [0.15, 0.2) is 0 Å². The van der Waals surface area contributed by atoms with Crippen LogP contribution in [0.5, 0.6) is 0 Å². The Labute approximate surface area is 279 Å². The first-order chi connectivity index (χ1) is 23.0. The van der Waals surface area contributed by atoms with Crippen molar-refractivity contribution in [1.29, 1.82) is 0 Å². The first-order valence-corrected chi connectivity index (χ1v) is 18.8. The van der Waals surface area contributed by atoms with Gasteiger partial charge in [0.05, 0.1) is 31.3 Å². The first-order valence-electron chi connectivity index (χ1n) is 14.2. The van der Waals surface area contributed by atoms with Gasteiger partial charge in [-0.2, -0.15) is 8.62 Å². The molecule has 49 heavy (non-hydrogen) atoms. The molecule has 1 aliphatic rings. The normalized spacial score (nSPS) is 21.4. The molecule has 1 saturated heterocycles. The summed E-state index contributed by atoms with van der Waals surface area (Å²) >= 11 is 0. The third-order valence-corrected chi connectivity index (χ3v) is 10.8. The number of phosphoric ester groups is 1. The number of nitrogens with one attached hydrogen (secondary N) is 3. The maximum atomic E-state index is 12.5. The number of carbonyl (C=O) groups is 1. The average molecular weight is 752 g/mol. The van der Waals surface area contributed by atoms with Crippen molar-refractivity contribution < 1.29 is 60.9 Å². The summed E-state index contributed by atoms with van der Waals surface area (Å²) in [7, 11) is -16.3. The maximum absolute atomic E-state index is 12.5. The molecule has 1 fully saturated rings.